The lowest BCUT2D eigenvalue weighted by Crippen LogP contribution is -2.30. The second-order valence-electron chi connectivity index (χ2n) is 19.8. The smallest absolute Gasteiger partial charge is 0.462 e. The van der Waals surface area contributed by atoms with Crippen LogP contribution < -0.4 is 0 Å². The van der Waals surface area contributed by atoms with Crippen LogP contribution in [0.3, 0.4) is 0 Å². The summed E-state index contributed by atoms with van der Waals surface area (Å²) in [5.41, 5.74) is 0. The molecule has 2 N–H and O–H groups in total. The van der Waals surface area contributed by atoms with Gasteiger partial charge in [-0.05, 0) is 96.3 Å². The Morgan fingerprint density at radius 3 is 1.05 bits per heavy atom. The Morgan fingerprint density at radius 1 is 0.382 bits per heavy atom. The van der Waals surface area contributed by atoms with Crippen molar-refractivity contribution in [1.82, 2.24) is 0 Å². The fourth-order valence-electron chi connectivity index (χ4n) is 7.99. The molecule has 436 valence electrons. The van der Waals surface area contributed by atoms with Crippen molar-refractivity contribution in [3.05, 3.63) is 97.2 Å². The number of carbonyl (C=O) groups excluding carboxylic acids is 3. The van der Waals surface area contributed by atoms with Crippen LogP contribution in [-0.4, -0.2) is 66.5 Å². The molecule has 0 amide bonds. The summed E-state index contributed by atoms with van der Waals surface area (Å²) >= 11 is 0. The summed E-state index contributed by atoms with van der Waals surface area (Å²) in [4.78, 5) is 48.6. The van der Waals surface area contributed by atoms with Crippen LogP contribution in [0.15, 0.2) is 97.2 Å². The maximum absolute atomic E-state index is 12.9. The highest BCUT2D eigenvalue weighted by atomic mass is 31.2. The quantitative estimate of drug-likeness (QED) is 0.0197. The van der Waals surface area contributed by atoms with E-state index in [0.717, 1.165) is 135 Å². The van der Waals surface area contributed by atoms with E-state index in [2.05, 4.69) is 118 Å². The second-order valence-corrected chi connectivity index (χ2v) is 21.2. The van der Waals surface area contributed by atoms with Crippen molar-refractivity contribution in [2.45, 2.75) is 264 Å². The molecule has 3 atom stereocenters. The van der Waals surface area contributed by atoms with Crippen LogP contribution in [0.4, 0.5) is 0 Å². The fraction of sp³-hybridized carbons (Fsp3) is 0.703. The highest BCUT2D eigenvalue weighted by Gasteiger charge is 2.28. The number of carbonyl (C=O) groups is 3. The molecule has 12 heteroatoms. The third kappa shape index (κ3) is 55.2. The molecular formula is C64H109O11P. The van der Waals surface area contributed by atoms with E-state index in [1.165, 1.54) is 57.8 Å². The minimum absolute atomic E-state index is 0.145. The number of allylic oxidation sites excluding steroid dienone is 16. The Bertz CT molecular complexity index is 1640. The zero-order chi connectivity index (χ0) is 55.5. The van der Waals surface area contributed by atoms with Gasteiger partial charge in [0.25, 0.3) is 0 Å². The molecule has 0 rings (SSSR count). The second kappa shape index (κ2) is 57.6. The highest BCUT2D eigenvalue weighted by Crippen LogP contribution is 2.43. The number of aliphatic hydroxyl groups is 1. The van der Waals surface area contributed by atoms with Crippen molar-refractivity contribution in [3.63, 3.8) is 0 Å². The predicted octanol–water partition coefficient (Wildman–Crippen LogP) is 18.0. The maximum atomic E-state index is 12.9. The van der Waals surface area contributed by atoms with Gasteiger partial charge in [-0.1, -0.05) is 234 Å². The van der Waals surface area contributed by atoms with Gasteiger partial charge in [-0.15, -0.1) is 0 Å². The summed E-state index contributed by atoms with van der Waals surface area (Å²) in [6.07, 6.45) is 67.8. The summed E-state index contributed by atoms with van der Waals surface area (Å²) in [6.45, 7) is 4.39. The number of rotatable bonds is 55. The van der Waals surface area contributed by atoms with Crippen LogP contribution >= 0.6 is 7.82 Å². The lowest BCUT2D eigenvalue weighted by atomic mass is 10.0. The van der Waals surface area contributed by atoms with Gasteiger partial charge in [0.1, 0.15) is 12.7 Å². The summed E-state index contributed by atoms with van der Waals surface area (Å²) in [6, 6.07) is 0. The predicted molar refractivity (Wildman–Crippen MR) is 316 cm³/mol. The molecule has 0 aliphatic carbocycles. The molecule has 11 nitrogen and oxygen atoms in total. The van der Waals surface area contributed by atoms with Crippen molar-refractivity contribution in [2.75, 3.05) is 26.4 Å². The van der Waals surface area contributed by atoms with Gasteiger partial charge in [-0.25, -0.2) is 4.57 Å². The number of unbranched alkanes of at least 4 members (excludes halogenated alkanes) is 22. The SMILES string of the molecule is CC/C=C\C/C=C\C/C=C\C/C=C\CCCCCCCCC(=O)OC(COC(=O)CCCCCCCCCCCCCCC)COP(=O)(O)OCC(CO)OC(=O)CCCCCC/C=C\C/C=C\C/C=C\C/C=C\CC. The van der Waals surface area contributed by atoms with Gasteiger partial charge in [-0.2, -0.15) is 0 Å². The lowest BCUT2D eigenvalue weighted by molar-refractivity contribution is -0.161. The normalized spacial score (nSPS) is 14.0. The topological polar surface area (TPSA) is 155 Å². The van der Waals surface area contributed by atoms with Crippen LogP contribution in [0.25, 0.3) is 0 Å². The summed E-state index contributed by atoms with van der Waals surface area (Å²) in [5.74, 6) is -1.50. The van der Waals surface area contributed by atoms with Gasteiger partial charge in [0.15, 0.2) is 6.10 Å². The van der Waals surface area contributed by atoms with E-state index in [-0.39, 0.29) is 25.9 Å². The average Bonchev–Trinajstić information content (AvgIpc) is 3.41. The fourth-order valence-corrected chi connectivity index (χ4v) is 8.77. The molecule has 0 aliphatic heterocycles. The van der Waals surface area contributed by atoms with Crippen LogP contribution in [0.2, 0.25) is 0 Å². The van der Waals surface area contributed by atoms with Crippen molar-refractivity contribution < 1.29 is 52.2 Å². The summed E-state index contributed by atoms with van der Waals surface area (Å²) in [7, 11) is -4.76. The maximum Gasteiger partial charge on any atom is 0.472 e. The molecule has 0 aromatic rings. The van der Waals surface area contributed by atoms with Gasteiger partial charge in [0.2, 0.25) is 0 Å². The molecular weight excluding hydrogens is 976 g/mol. The van der Waals surface area contributed by atoms with Crippen molar-refractivity contribution in [2.24, 2.45) is 0 Å². The van der Waals surface area contributed by atoms with E-state index >= 15 is 0 Å². The highest BCUT2D eigenvalue weighted by molar-refractivity contribution is 7.47. The number of ether oxygens (including phenoxy) is 3. The number of phosphoric acid groups is 1. The molecule has 0 spiro atoms. The minimum Gasteiger partial charge on any atom is -0.462 e. The van der Waals surface area contributed by atoms with Gasteiger partial charge in [0.05, 0.1) is 19.8 Å². The van der Waals surface area contributed by atoms with Crippen molar-refractivity contribution in [1.29, 1.82) is 0 Å². The standard InChI is InChI=1S/C64H109O11P/c1-4-7-10-13-16-19-22-25-27-29-30-32-34-37-40-43-46-49-52-55-64(68)75-61(57-71-62(66)53-50-47-44-41-38-35-24-21-18-15-12-9-6-3)59-73-76(69,70)72-58-60(56-65)74-63(67)54-51-48-45-42-39-36-33-31-28-26-23-20-17-14-11-8-5-2/h7-8,10-11,16-17,19-20,25-28,30,32-33,36,60-61,65H,4-6,9,12-15,18,21-24,29,31,34-35,37-59H2,1-3H3,(H,69,70)/b10-7-,11-8-,19-16-,20-17-,27-25-,28-26-,32-30-,36-33-. The third-order valence-electron chi connectivity index (χ3n) is 12.5. The number of hydrogen-bond acceptors (Lipinski definition) is 10. The molecule has 0 aromatic heterocycles. The lowest BCUT2D eigenvalue weighted by Gasteiger charge is -2.21. The third-order valence-corrected chi connectivity index (χ3v) is 13.5. The number of phosphoric ester groups is 1. The summed E-state index contributed by atoms with van der Waals surface area (Å²) in [5, 5.41) is 9.83. The number of hydrogen-bond donors (Lipinski definition) is 2. The molecule has 0 radical (unpaired) electrons. The molecule has 0 heterocycles. The van der Waals surface area contributed by atoms with E-state index in [9.17, 15) is 28.9 Å². The summed E-state index contributed by atoms with van der Waals surface area (Å²) < 4.78 is 39.6. The van der Waals surface area contributed by atoms with E-state index in [1.54, 1.807) is 0 Å². The molecule has 76 heavy (non-hydrogen) atoms. The first-order valence-electron chi connectivity index (χ1n) is 30.1. The monoisotopic (exact) mass is 1080 g/mol. The van der Waals surface area contributed by atoms with Gasteiger partial charge >= 0.3 is 25.7 Å². The van der Waals surface area contributed by atoms with Crippen molar-refractivity contribution >= 4 is 25.7 Å². The minimum atomic E-state index is -4.76. The molecule has 0 saturated carbocycles. The first kappa shape index (κ1) is 72.4. The number of esters is 3. The molecule has 3 unspecified atom stereocenters. The average molecular weight is 1090 g/mol. The van der Waals surface area contributed by atoms with E-state index in [1.807, 2.05) is 0 Å². The Kier molecular flexibility index (Phi) is 54.8. The largest absolute Gasteiger partial charge is 0.472 e. The van der Waals surface area contributed by atoms with Crippen LogP contribution in [-0.2, 0) is 42.2 Å². The molecule has 0 aromatic carbocycles. The first-order valence-corrected chi connectivity index (χ1v) is 31.6. The first-order chi connectivity index (χ1) is 37.2. The zero-order valence-electron chi connectivity index (χ0n) is 48.2. The Labute approximate surface area is 463 Å². The van der Waals surface area contributed by atoms with Gasteiger partial charge in [-0.3, -0.25) is 23.4 Å². The number of aliphatic hydroxyl groups excluding tert-OH is 1. The molecule has 0 fully saturated rings. The Hall–Kier alpha value is -3.60. The Balaban J connectivity index is 4.75. The van der Waals surface area contributed by atoms with Crippen LogP contribution in [0.1, 0.15) is 252 Å². The van der Waals surface area contributed by atoms with E-state index < -0.39 is 57.8 Å². The Morgan fingerprint density at radius 2 is 0.684 bits per heavy atom. The van der Waals surface area contributed by atoms with Crippen LogP contribution in [0, 0.1) is 0 Å². The zero-order valence-corrected chi connectivity index (χ0v) is 49.1. The van der Waals surface area contributed by atoms with E-state index in [0.29, 0.717) is 19.3 Å². The van der Waals surface area contributed by atoms with Crippen molar-refractivity contribution in [3.8, 4) is 0 Å². The molecule has 0 bridgehead atoms. The van der Waals surface area contributed by atoms with Crippen LogP contribution in [0.5, 0.6) is 0 Å². The molecule has 0 aliphatic rings. The van der Waals surface area contributed by atoms with Gasteiger partial charge < -0.3 is 24.2 Å². The van der Waals surface area contributed by atoms with E-state index in [4.69, 9.17) is 23.3 Å². The molecule has 0 saturated heterocycles. The van der Waals surface area contributed by atoms with Gasteiger partial charge in [0, 0.05) is 19.3 Å².